The topological polar surface area (TPSA) is 29.3 Å². The molecule has 0 spiro atoms. The molecule has 0 radical (unpaired) electrons. The molecule has 2 N–H and O–H groups in total. The van der Waals surface area contributed by atoms with Gasteiger partial charge < -0.3 is 10.6 Å². The van der Waals surface area contributed by atoms with Crippen LogP contribution in [-0.4, -0.2) is 31.1 Å². The second-order valence-corrected chi connectivity index (χ2v) is 4.43. The molecule has 2 heteroatoms. The Kier molecular flexibility index (Phi) is 3.75. The van der Waals surface area contributed by atoms with Crippen LogP contribution in [0.2, 0.25) is 0 Å². The lowest BCUT2D eigenvalue weighted by atomic mass is 10.1. The molecule has 0 aliphatic carbocycles. The summed E-state index contributed by atoms with van der Waals surface area (Å²) in [5.41, 5.74) is 7.12. The molecule has 1 atom stereocenters. The number of hydrogen-bond acceptors (Lipinski definition) is 2. The Labute approximate surface area is 92.1 Å². The summed E-state index contributed by atoms with van der Waals surface area (Å²) in [5, 5.41) is 0. The fraction of sp³-hybridized carbons (Fsp3) is 0.538. The van der Waals surface area contributed by atoms with E-state index in [2.05, 4.69) is 35.2 Å². The maximum Gasteiger partial charge on any atom is 0.00223 e. The minimum Gasteiger partial charge on any atom is -0.330 e. The van der Waals surface area contributed by atoms with Crippen LogP contribution >= 0.6 is 0 Å². The highest BCUT2D eigenvalue weighted by Crippen LogP contribution is 2.15. The van der Waals surface area contributed by atoms with E-state index < -0.39 is 0 Å². The van der Waals surface area contributed by atoms with Gasteiger partial charge in [-0.05, 0) is 37.4 Å². The van der Waals surface area contributed by atoms with Crippen LogP contribution < -0.4 is 5.73 Å². The van der Waals surface area contributed by atoms with E-state index in [9.17, 15) is 0 Å². The van der Waals surface area contributed by atoms with Gasteiger partial charge in [0.15, 0.2) is 0 Å². The summed E-state index contributed by atoms with van der Waals surface area (Å²) in [4.78, 5) is 2.53. The fourth-order valence-electron chi connectivity index (χ4n) is 2.24. The molecular formula is C13H20N2. The molecule has 1 aromatic carbocycles. The van der Waals surface area contributed by atoms with Crippen molar-refractivity contribution in [3.63, 3.8) is 0 Å². The van der Waals surface area contributed by atoms with Gasteiger partial charge in [-0.2, -0.15) is 0 Å². The van der Waals surface area contributed by atoms with Crippen molar-refractivity contribution in [3.05, 3.63) is 35.9 Å². The van der Waals surface area contributed by atoms with Crippen LogP contribution in [-0.2, 0) is 6.42 Å². The molecule has 0 bridgehead atoms. The van der Waals surface area contributed by atoms with Gasteiger partial charge in [-0.25, -0.2) is 0 Å². The number of nitrogens with zero attached hydrogens (tertiary/aromatic N) is 1. The highest BCUT2D eigenvalue weighted by molar-refractivity contribution is 5.14. The fourth-order valence-corrected chi connectivity index (χ4v) is 2.24. The maximum absolute atomic E-state index is 5.68. The lowest BCUT2D eigenvalue weighted by Crippen LogP contribution is -2.25. The first-order valence-corrected chi connectivity index (χ1v) is 5.85. The van der Waals surface area contributed by atoms with Crippen molar-refractivity contribution in [2.24, 2.45) is 11.7 Å². The Morgan fingerprint density at radius 2 is 2.07 bits per heavy atom. The zero-order chi connectivity index (χ0) is 10.5. The van der Waals surface area contributed by atoms with E-state index in [1.807, 2.05) is 0 Å². The SMILES string of the molecule is NC[C@@H]1CCN(CCc2ccccc2)C1. The number of rotatable bonds is 4. The van der Waals surface area contributed by atoms with Gasteiger partial charge in [0.05, 0.1) is 0 Å². The first-order chi connectivity index (χ1) is 7.38. The van der Waals surface area contributed by atoms with Crippen LogP contribution in [0.5, 0.6) is 0 Å². The van der Waals surface area contributed by atoms with Crippen molar-refractivity contribution in [2.75, 3.05) is 26.2 Å². The summed E-state index contributed by atoms with van der Waals surface area (Å²) in [6.07, 6.45) is 2.45. The summed E-state index contributed by atoms with van der Waals surface area (Å²) in [5.74, 6) is 0.737. The number of nitrogens with two attached hydrogens (primary N) is 1. The molecule has 15 heavy (non-hydrogen) atoms. The van der Waals surface area contributed by atoms with Gasteiger partial charge in [-0.1, -0.05) is 30.3 Å². The molecular weight excluding hydrogens is 184 g/mol. The number of likely N-dealkylation sites (tertiary alicyclic amines) is 1. The van der Waals surface area contributed by atoms with E-state index in [-0.39, 0.29) is 0 Å². The van der Waals surface area contributed by atoms with Gasteiger partial charge in [-0.15, -0.1) is 0 Å². The molecule has 82 valence electrons. The third-order valence-electron chi connectivity index (χ3n) is 3.26. The lowest BCUT2D eigenvalue weighted by molar-refractivity contribution is 0.329. The van der Waals surface area contributed by atoms with Crippen molar-refractivity contribution in [2.45, 2.75) is 12.8 Å². The molecule has 2 rings (SSSR count). The highest BCUT2D eigenvalue weighted by atomic mass is 15.1. The van der Waals surface area contributed by atoms with E-state index >= 15 is 0 Å². The van der Waals surface area contributed by atoms with Crippen molar-refractivity contribution in [1.82, 2.24) is 4.90 Å². The van der Waals surface area contributed by atoms with E-state index in [0.29, 0.717) is 0 Å². The van der Waals surface area contributed by atoms with Crippen molar-refractivity contribution < 1.29 is 0 Å². The van der Waals surface area contributed by atoms with Crippen molar-refractivity contribution in [1.29, 1.82) is 0 Å². The van der Waals surface area contributed by atoms with Gasteiger partial charge in [-0.3, -0.25) is 0 Å². The monoisotopic (exact) mass is 204 g/mol. The van der Waals surface area contributed by atoms with Crippen LogP contribution in [0.15, 0.2) is 30.3 Å². The molecule has 0 aromatic heterocycles. The lowest BCUT2D eigenvalue weighted by Gasteiger charge is -2.15. The molecule has 0 unspecified atom stereocenters. The molecule has 1 aliphatic rings. The third kappa shape index (κ3) is 3.05. The molecule has 1 aliphatic heterocycles. The number of benzene rings is 1. The van der Waals surface area contributed by atoms with Gasteiger partial charge in [0.1, 0.15) is 0 Å². The van der Waals surface area contributed by atoms with Gasteiger partial charge in [0.25, 0.3) is 0 Å². The molecule has 1 heterocycles. The predicted molar refractivity (Wildman–Crippen MR) is 63.7 cm³/mol. The Bertz CT molecular complexity index is 284. The Morgan fingerprint density at radius 3 is 2.73 bits per heavy atom. The zero-order valence-corrected chi connectivity index (χ0v) is 9.23. The smallest absolute Gasteiger partial charge is 0.00223 e. The average Bonchev–Trinajstić information content (AvgIpc) is 2.76. The quantitative estimate of drug-likeness (QED) is 0.805. The number of hydrogen-bond donors (Lipinski definition) is 1. The van der Waals surface area contributed by atoms with E-state index in [1.165, 1.54) is 31.6 Å². The van der Waals surface area contributed by atoms with Crippen LogP contribution in [0.4, 0.5) is 0 Å². The Morgan fingerprint density at radius 1 is 1.27 bits per heavy atom. The van der Waals surface area contributed by atoms with Crippen molar-refractivity contribution in [3.8, 4) is 0 Å². The highest BCUT2D eigenvalue weighted by Gasteiger charge is 2.20. The van der Waals surface area contributed by atoms with E-state index in [0.717, 1.165) is 18.9 Å². The van der Waals surface area contributed by atoms with Gasteiger partial charge in [0.2, 0.25) is 0 Å². The van der Waals surface area contributed by atoms with E-state index in [4.69, 9.17) is 5.73 Å². The summed E-state index contributed by atoms with van der Waals surface area (Å²) < 4.78 is 0. The molecule has 2 nitrogen and oxygen atoms in total. The largest absolute Gasteiger partial charge is 0.330 e. The second kappa shape index (κ2) is 5.29. The summed E-state index contributed by atoms with van der Waals surface area (Å²) in [6, 6.07) is 10.7. The normalized spacial score (nSPS) is 22.1. The van der Waals surface area contributed by atoms with Crippen LogP contribution in [0, 0.1) is 5.92 Å². The Balaban J connectivity index is 1.75. The second-order valence-electron chi connectivity index (χ2n) is 4.43. The summed E-state index contributed by atoms with van der Waals surface area (Å²) in [7, 11) is 0. The summed E-state index contributed by atoms with van der Waals surface area (Å²) in [6.45, 7) is 4.46. The molecule has 1 fully saturated rings. The first kappa shape index (κ1) is 10.7. The molecule has 0 amide bonds. The minimum absolute atomic E-state index is 0.737. The standard InChI is InChI=1S/C13H20N2/c14-10-13-7-9-15(11-13)8-6-12-4-2-1-3-5-12/h1-5,13H,6-11,14H2/t13-/m0/s1. The van der Waals surface area contributed by atoms with Gasteiger partial charge in [0, 0.05) is 13.1 Å². The Hall–Kier alpha value is -0.860. The zero-order valence-electron chi connectivity index (χ0n) is 9.23. The average molecular weight is 204 g/mol. The molecule has 1 aromatic rings. The predicted octanol–water partition coefficient (Wildman–Crippen LogP) is 1.51. The first-order valence-electron chi connectivity index (χ1n) is 5.85. The molecule has 1 saturated heterocycles. The van der Waals surface area contributed by atoms with Crippen molar-refractivity contribution >= 4 is 0 Å². The van der Waals surface area contributed by atoms with E-state index in [1.54, 1.807) is 0 Å². The van der Waals surface area contributed by atoms with Gasteiger partial charge >= 0.3 is 0 Å². The van der Waals surface area contributed by atoms with Crippen LogP contribution in [0.3, 0.4) is 0 Å². The van der Waals surface area contributed by atoms with Crippen LogP contribution in [0.1, 0.15) is 12.0 Å². The van der Waals surface area contributed by atoms with Crippen LogP contribution in [0.25, 0.3) is 0 Å². The minimum atomic E-state index is 0.737. The maximum atomic E-state index is 5.68. The third-order valence-corrected chi connectivity index (χ3v) is 3.26. The molecule has 0 saturated carbocycles. The summed E-state index contributed by atoms with van der Waals surface area (Å²) >= 11 is 0.